The number of Topliss-reactive ketones (excluding diaryl/α,β-unsaturated/α-hetero) is 1. The van der Waals surface area contributed by atoms with Crippen LogP contribution >= 0.6 is 0 Å². The molecule has 0 aromatic heterocycles. The summed E-state index contributed by atoms with van der Waals surface area (Å²) in [5, 5.41) is 0. The summed E-state index contributed by atoms with van der Waals surface area (Å²) in [6, 6.07) is 9.17. The highest BCUT2D eigenvalue weighted by Gasteiger charge is 2.25. The number of carbonyl (C=O) groups excluding carboxylic acids is 1. The number of hydrogen-bond acceptors (Lipinski definition) is 1. The van der Waals surface area contributed by atoms with Crippen molar-refractivity contribution < 1.29 is 4.79 Å². The summed E-state index contributed by atoms with van der Waals surface area (Å²) in [6.07, 6.45) is 7.65. The SMILES string of the molecule is CCCc1ccc(C2CCC(C(=O)CC)CC2)cc1. The van der Waals surface area contributed by atoms with Gasteiger partial charge in [-0.1, -0.05) is 44.5 Å². The minimum absolute atomic E-state index is 0.348. The highest BCUT2D eigenvalue weighted by molar-refractivity contribution is 5.80. The maximum atomic E-state index is 11.7. The summed E-state index contributed by atoms with van der Waals surface area (Å²) in [5.74, 6) is 1.49. The largest absolute Gasteiger partial charge is 0.299 e. The highest BCUT2D eigenvalue weighted by Crippen LogP contribution is 2.36. The van der Waals surface area contributed by atoms with Crippen LogP contribution in [-0.4, -0.2) is 5.78 Å². The second kappa shape index (κ2) is 6.88. The van der Waals surface area contributed by atoms with Gasteiger partial charge in [-0.15, -0.1) is 0 Å². The molecule has 0 spiro atoms. The molecule has 0 saturated heterocycles. The minimum Gasteiger partial charge on any atom is -0.299 e. The smallest absolute Gasteiger partial charge is 0.135 e. The predicted molar refractivity (Wildman–Crippen MR) is 80.4 cm³/mol. The second-order valence-corrected chi connectivity index (χ2v) is 5.86. The van der Waals surface area contributed by atoms with E-state index in [0.717, 1.165) is 12.8 Å². The van der Waals surface area contributed by atoms with Crippen LogP contribution in [0.15, 0.2) is 24.3 Å². The summed E-state index contributed by atoms with van der Waals surface area (Å²) >= 11 is 0. The van der Waals surface area contributed by atoms with Crippen molar-refractivity contribution in [2.75, 3.05) is 0 Å². The molecule has 1 heteroatoms. The van der Waals surface area contributed by atoms with E-state index in [1.165, 1.54) is 36.8 Å². The second-order valence-electron chi connectivity index (χ2n) is 5.86. The van der Waals surface area contributed by atoms with Crippen LogP contribution in [0.25, 0.3) is 0 Å². The zero-order valence-electron chi connectivity index (χ0n) is 12.3. The van der Waals surface area contributed by atoms with Crippen molar-refractivity contribution in [2.45, 2.75) is 64.7 Å². The lowest BCUT2D eigenvalue weighted by Crippen LogP contribution is -2.20. The third-order valence-electron chi connectivity index (χ3n) is 4.52. The zero-order valence-corrected chi connectivity index (χ0v) is 12.3. The number of hydrogen-bond donors (Lipinski definition) is 0. The van der Waals surface area contributed by atoms with Crippen molar-refractivity contribution in [3.8, 4) is 0 Å². The Morgan fingerprint density at radius 3 is 2.21 bits per heavy atom. The molecule has 1 aromatic carbocycles. The Kier molecular flexibility index (Phi) is 5.18. The number of rotatable bonds is 5. The molecule has 2 rings (SSSR count). The summed E-state index contributed by atoms with van der Waals surface area (Å²) in [4.78, 5) is 11.7. The van der Waals surface area contributed by atoms with Gasteiger partial charge in [0.1, 0.15) is 5.78 Å². The molecule has 0 bridgehead atoms. The van der Waals surface area contributed by atoms with Gasteiger partial charge >= 0.3 is 0 Å². The molecule has 104 valence electrons. The van der Waals surface area contributed by atoms with Crippen molar-refractivity contribution in [3.05, 3.63) is 35.4 Å². The molecule has 0 N–H and O–H groups in total. The molecule has 1 aromatic rings. The third-order valence-corrected chi connectivity index (χ3v) is 4.52. The molecule has 1 aliphatic carbocycles. The lowest BCUT2D eigenvalue weighted by Gasteiger charge is -2.27. The Labute approximate surface area is 117 Å². The van der Waals surface area contributed by atoms with Gasteiger partial charge in [-0.05, 0) is 49.1 Å². The minimum atomic E-state index is 0.348. The first-order chi connectivity index (χ1) is 9.24. The maximum absolute atomic E-state index is 11.7. The molecule has 0 amide bonds. The van der Waals surface area contributed by atoms with E-state index in [0.29, 0.717) is 24.0 Å². The maximum Gasteiger partial charge on any atom is 0.135 e. The quantitative estimate of drug-likeness (QED) is 0.734. The molecule has 19 heavy (non-hydrogen) atoms. The fourth-order valence-corrected chi connectivity index (χ4v) is 3.28. The van der Waals surface area contributed by atoms with E-state index in [4.69, 9.17) is 0 Å². The van der Waals surface area contributed by atoms with Crippen LogP contribution in [0.2, 0.25) is 0 Å². The van der Waals surface area contributed by atoms with Crippen LogP contribution in [0.4, 0.5) is 0 Å². The molecule has 1 nitrogen and oxygen atoms in total. The molecule has 1 aliphatic rings. The van der Waals surface area contributed by atoms with Gasteiger partial charge in [-0.25, -0.2) is 0 Å². The molecule has 1 saturated carbocycles. The molecular weight excluding hydrogens is 232 g/mol. The van der Waals surface area contributed by atoms with Crippen molar-refractivity contribution >= 4 is 5.78 Å². The Morgan fingerprint density at radius 2 is 1.68 bits per heavy atom. The fraction of sp³-hybridized carbons (Fsp3) is 0.611. The summed E-state index contributed by atoms with van der Waals surface area (Å²) in [6.45, 7) is 4.21. The topological polar surface area (TPSA) is 17.1 Å². The lowest BCUT2D eigenvalue weighted by molar-refractivity contribution is -0.123. The highest BCUT2D eigenvalue weighted by atomic mass is 16.1. The van der Waals surface area contributed by atoms with Crippen molar-refractivity contribution in [2.24, 2.45) is 5.92 Å². The monoisotopic (exact) mass is 258 g/mol. The number of benzene rings is 1. The molecule has 0 atom stereocenters. The van der Waals surface area contributed by atoms with Gasteiger partial charge in [0.05, 0.1) is 0 Å². The van der Waals surface area contributed by atoms with E-state index >= 15 is 0 Å². The van der Waals surface area contributed by atoms with Gasteiger partial charge in [0.2, 0.25) is 0 Å². The predicted octanol–water partition coefficient (Wildman–Crippen LogP) is 4.89. The number of carbonyl (C=O) groups is 1. The Morgan fingerprint density at radius 1 is 1.05 bits per heavy atom. The van der Waals surface area contributed by atoms with Gasteiger partial charge in [-0.2, -0.15) is 0 Å². The van der Waals surface area contributed by atoms with Crippen LogP contribution in [0.5, 0.6) is 0 Å². The van der Waals surface area contributed by atoms with Crippen molar-refractivity contribution in [1.82, 2.24) is 0 Å². The van der Waals surface area contributed by atoms with Gasteiger partial charge in [0, 0.05) is 12.3 Å². The van der Waals surface area contributed by atoms with E-state index in [9.17, 15) is 4.79 Å². The number of aryl methyl sites for hydroxylation is 1. The van der Waals surface area contributed by atoms with Crippen LogP contribution < -0.4 is 0 Å². The standard InChI is InChI=1S/C18H26O/c1-3-5-14-6-8-15(9-7-14)16-10-12-17(13-11-16)18(19)4-2/h6-9,16-17H,3-5,10-13H2,1-2H3. The van der Waals surface area contributed by atoms with Crippen LogP contribution in [0, 0.1) is 5.92 Å². The Hall–Kier alpha value is -1.11. The number of ketones is 1. The average Bonchev–Trinajstić information content (AvgIpc) is 2.48. The average molecular weight is 258 g/mol. The summed E-state index contributed by atoms with van der Waals surface area (Å²) < 4.78 is 0. The van der Waals surface area contributed by atoms with Gasteiger partial charge in [-0.3, -0.25) is 4.79 Å². The van der Waals surface area contributed by atoms with Gasteiger partial charge in [0.15, 0.2) is 0 Å². The van der Waals surface area contributed by atoms with E-state index in [1.807, 2.05) is 6.92 Å². The van der Waals surface area contributed by atoms with E-state index in [2.05, 4.69) is 31.2 Å². The van der Waals surface area contributed by atoms with Crippen LogP contribution in [-0.2, 0) is 11.2 Å². The first-order valence-electron chi connectivity index (χ1n) is 7.86. The lowest BCUT2D eigenvalue weighted by atomic mass is 9.76. The summed E-state index contributed by atoms with van der Waals surface area (Å²) in [5.41, 5.74) is 2.92. The summed E-state index contributed by atoms with van der Waals surface area (Å²) in [7, 11) is 0. The first kappa shape index (κ1) is 14.3. The van der Waals surface area contributed by atoms with E-state index in [1.54, 1.807) is 0 Å². The van der Waals surface area contributed by atoms with Crippen molar-refractivity contribution in [3.63, 3.8) is 0 Å². The van der Waals surface area contributed by atoms with Gasteiger partial charge < -0.3 is 0 Å². The van der Waals surface area contributed by atoms with Crippen molar-refractivity contribution in [1.29, 1.82) is 0 Å². The van der Waals surface area contributed by atoms with E-state index in [-0.39, 0.29) is 0 Å². The molecule has 1 fully saturated rings. The van der Waals surface area contributed by atoms with Crippen LogP contribution in [0.1, 0.15) is 69.4 Å². The molecule has 0 aliphatic heterocycles. The molecule has 0 heterocycles. The molecular formula is C18H26O. The van der Waals surface area contributed by atoms with E-state index < -0.39 is 0 Å². The molecule has 0 radical (unpaired) electrons. The van der Waals surface area contributed by atoms with Gasteiger partial charge in [0.25, 0.3) is 0 Å². The normalized spacial score (nSPS) is 23.3. The molecule has 0 unspecified atom stereocenters. The first-order valence-corrected chi connectivity index (χ1v) is 7.86. The fourth-order valence-electron chi connectivity index (χ4n) is 3.28. The Bertz CT molecular complexity index is 396. The third kappa shape index (κ3) is 3.68. The zero-order chi connectivity index (χ0) is 13.7. The Balaban J connectivity index is 1.92. The van der Waals surface area contributed by atoms with Crippen LogP contribution in [0.3, 0.4) is 0 Å².